The summed E-state index contributed by atoms with van der Waals surface area (Å²) in [6.07, 6.45) is 3.53. The van der Waals surface area contributed by atoms with Gasteiger partial charge < -0.3 is 4.90 Å². The highest BCUT2D eigenvalue weighted by molar-refractivity contribution is 8.01. The Kier molecular flexibility index (Phi) is 4.22. The average Bonchev–Trinajstić information content (AvgIpc) is 2.98. The second-order valence-electron chi connectivity index (χ2n) is 3.58. The highest BCUT2D eigenvalue weighted by Gasteiger charge is 2.10. The number of thioether (sulfide) groups is 1. The Morgan fingerprint density at radius 1 is 1.65 bits per heavy atom. The fraction of sp³-hybridized carbons (Fsp3) is 0.273. The maximum absolute atomic E-state index is 11.8. The van der Waals surface area contributed by atoms with Gasteiger partial charge in [-0.3, -0.25) is 9.89 Å². The zero-order valence-electron chi connectivity index (χ0n) is 9.42. The normalized spacial score (nSPS) is 10.4. The van der Waals surface area contributed by atoms with E-state index in [2.05, 4.69) is 10.2 Å². The van der Waals surface area contributed by atoms with Gasteiger partial charge in [0.15, 0.2) is 0 Å². The molecule has 1 N–H and O–H groups in total. The predicted molar refractivity (Wildman–Crippen MR) is 70.1 cm³/mol. The van der Waals surface area contributed by atoms with Gasteiger partial charge in [-0.2, -0.15) is 5.10 Å². The Bertz CT molecular complexity index is 453. The Hall–Kier alpha value is -1.27. The van der Waals surface area contributed by atoms with Crippen molar-refractivity contribution in [3.8, 4) is 0 Å². The van der Waals surface area contributed by atoms with E-state index in [1.165, 1.54) is 4.21 Å². The van der Waals surface area contributed by atoms with Crippen molar-refractivity contribution in [1.82, 2.24) is 15.1 Å². The lowest BCUT2D eigenvalue weighted by molar-refractivity contribution is -0.127. The fourth-order valence-corrected chi connectivity index (χ4v) is 3.04. The van der Waals surface area contributed by atoms with Gasteiger partial charge in [-0.15, -0.1) is 23.1 Å². The molecule has 2 heterocycles. The lowest BCUT2D eigenvalue weighted by atomic mass is 10.3. The highest BCUT2D eigenvalue weighted by atomic mass is 32.2. The highest BCUT2D eigenvalue weighted by Crippen LogP contribution is 2.23. The Balaban J connectivity index is 1.79. The number of hydrogen-bond donors (Lipinski definition) is 1. The van der Waals surface area contributed by atoms with Gasteiger partial charge in [0.2, 0.25) is 5.91 Å². The minimum Gasteiger partial charge on any atom is -0.341 e. The van der Waals surface area contributed by atoms with Gasteiger partial charge in [0, 0.05) is 25.4 Å². The van der Waals surface area contributed by atoms with Gasteiger partial charge >= 0.3 is 0 Å². The molecule has 2 aromatic heterocycles. The fourth-order valence-electron chi connectivity index (χ4n) is 1.31. The molecule has 0 saturated heterocycles. The lowest BCUT2D eigenvalue weighted by Gasteiger charge is -2.15. The van der Waals surface area contributed by atoms with Gasteiger partial charge in [-0.05, 0) is 11.4 Å². The molecule has 4 nitrogen and oxygen atoms in total. The second-order valence-corrected chi connectivity index (χ2v) is 5.80. The number of aromatic amines is 1. The molecule has 0 aliphatic rings. The standard InChI is InChI=1S/C11H13N3OS2/c1-14(7-9-5-12-13-6-9)10(15)8-17-11-3-2-4-16-11/h2-6H,7-8H2,1H3,(H,12,13). The first kappa shape index (κ1) is 12.2. The van der Waals surface area contributed by atoms with Crippen LogP contribution in [0.1, 0.15) is 5.56 Å². The molecule has 0 radical (unpaired) electrons. The van der Waals surface area contributed by atoms with Crippen molar-refractivity contribution in [1.29, 1.82) is 0 Å². The Labute approximate surface area is 108 Å². The first-order chi connectivity index (χ1) is 8.25. The van der Waals surface area contributed by atoms with Crippen molar-refractivity contribution in [2.24, 2.45) is 0 Å². The molecule has 0 fully saturated rings. The van der Waals surface area contributed by atoms with Crippen molar-refractivity contribution >= 4 is 29.0 Å². The van der Waals surface area contributed by atoms with Crippen molar-refractivity contribution in [3.05, 3.63) is 35.5 Å². The van der Waals surface area contributed by atoms with Crippen molar-refractivity contribution in [2.75, 3.05) is 12.8 Å². The van der Waals surface area contributed by atoms with E-state index in [4.69, 9.17) is 0 Å². The molecule has 0 aliphatic heterocycles. The quantitative estimate of drug-likeness (QED) is 0.845. The monoisotopic (exact) mass is 267 g/mol. The van der Waals surface area contributed by atoms with Crippen LogP contribution in [0.4, 0.5) is 0 Å². The zero-order chi connectivity index (χ0) is 12.1. The summed E-state index contributed by atoms with van der Waals surface area (Å²) in [5.41, 5.74) is 1.02. The third kappa shape index (κ3) is 3.61. The maximum Gasteiger partial charge on any atom is 0.233 e. The summed E-state index contributed by atoms with van der Waals surface area (Å²) in [5, 5.41) is 8.61. The van der Waals surface area contributed by atoms with Crippen molar-refractivity contribution < 1.29 is 4.79 Å². The van der Waals surface area contributed by atoms with Crippen molar-refractivity contribution in [3.63, 3.8) is 0 Å². The van der Waals surface area contributed by atoms with E-state index in [1.54, 1.807) is 40.4 Å². The number of amides is 1. The van der Waals surface area contributed by atoms with Gasteiger partial charge in [0.05, 0.1) is 16.2 Å². The molecule has 0 aliphatic carbocycles. The predicted octanol–water partition coefficient (Wildman–Crippen LogP) is 2.22. The number of thiophene rings is 1. The number of hydrogen-bond acceptors (Lipinski definition) is 4. The SMILES string of the molecule is CN(Cc1cn[nH]c1)C(=O)CSc1cccs1. The molecule has 0 spiro atoms. The number of nitrogens with zero attached hydrogens (tertiary/aromatic N) is 2. The minimum atomic E-state index is 0.129. The number of carbonyl (C=O) groups excluding carboxylic acids is 1. The van der Waals surface area contributed by atoms with Crippen LogP contribution in [0.25, 0.3) is 0 Å². The summed E-state index contributed by atoms with van der Waals surface area (Å²) < 4.78 is 1.18. The summed E-state index contributed by atoms with van der Waals surface area (Å²) in [7, 11) is 1.81. The summed E-state index contributed by atoms with van der Waals surface area (Å²) in [5.74, 6) is 0.610. The third-order valence-corrected chi connectivity index (χ3v) is 4.35. The van der Waals surface area contributed by atoms with Crippen LogP contribution >= 0.6 is 23.1 Å². The summed E-state index contributed by atoms with van der Waals surface area (Å²) in [4.78, 5) is 13.6. The van der Waals surface area contributed by atoms with Crippen LogP contribution in [0.3, 0.4) is 0 Å². The van der Waals surface area contributed by atoms with Crippen LogP contribution in [-0.2, 0) is 11.3 Å². The number of H-pyrrole nitrogens is 1. The van der Waals surface area contributed by atoms with Crippen molar-refractivity contribution in [2.45, 2.75) is 10.8 Å². The molecule has 2 rings (SSSR count). The Morgan fingerprint density at radius 2 is 2.53 bits per heavy atom. The first-order valence-electron chi connectivity index (χ1n) is 5.13. The van der Waals surface area contributed by atoms with E-state index in [9.17, 15) is 4.79 Å². The number of nitrogens with one attached hydrogen (secondary N) is 1. The number of aromatic nitrogens is 2. The average molecular weight is 267 g/mol. The molecule has 0 aromatic carbocycles. The molecule has 0 atom stereocenters. The van der Waals surface area contributed by atoms with E-state index in [-0.39, 0.29) is 5.91 Å². The summed E-state index contributed by atoms with van der Waals surface area (Å²) in [6, 6.07) is 4.02. The molecule has 17 heavy (non-hydrogen) atoms. The minimum absolute atomic E-state index is 0.129. The van der Waals surface area contributed by atoms with E-state index in [0.717, 1.165) is 5.56 Å². The molecule has 6 heteroatoms. The summed E-state index contributed by atoms with van der Waals surface area (Å²) >= 11 is 3.24. The molecule has 0 unspecified atom stereocenters. The van der Waals surface area contributed by atoms with E-state index in [1.807, 2.05) is 24.6 Å². The Morgan fingerprint density at radius 3 is 3.18 bits per heavy atom. The van der Waals surface area contributed by atoms with Gasteiger partial charge in [0.25, 0.3) is 0 Å². The van der Waals surface area contributed by atoms with Gasteiger partial charge in [-0.25, -0.2) is 0 Å². The van der Waals surface area contributed by atoms with Crippen LogP contribution in [0.5, 0.6) is 0 Å². The summed E-state index contributed by atoms with van der Waals surface area (Å²) in [6.45, 7) is 0.598. The van der Waals surface area contributed by atoms with Crippen LogP contribution < -0.4 is 0 Å². The number of carbonyl (C=O) groups is 1. The van der Waals surface area contributed by atoms with Gasteiger partial charge in [0.1, 0.15) is 0 Å². The van der Waals surface area contributed by atoms with Crippen LogP contribution in [0.2, 0.25) is 0 Å². The van der Waals surface area contributed by atoms with Crippen LogP contribution in [0.15, 0.2) is 34.1 Å². The lowest BCUT2D eigenvalue weighted by Crippen LogP contribution is -2.27. The maximum atomic E-state index is 11.8. The van der Waals surface area contributed by atoms with E-state index < -0.39 is 0 Å². The van der Waals surface area contributed by atoms with Crippen LogP contribution in [0, 0.1) is 0 Å². The van der Waals surface area contributed by atoms with E-state index in [0.29, 0.717) is 12.3 Å². The molecule has 0 saturated carbocycles. The smallest absolute Gasteiger partial charge is 0.233 e. The first-order valence-corrected chi connectivity index (χ1v) is 7.00. The van der Waals surface area contributed by atoms with Gasteiger partial charge in [-0.1, -0.05) is 6.07 Å². The molecule has 0 bridgehead atoms. The molecular weight excluding hydrogens is 254 g/mol. The third-order valence-electron chi connectivity index (χ3n) is 2.23. The molecular formula is C11H13N3OS2. The topological polar surface area (TPSA) is 49.0 Å². The second kappa shape index (κ2) is 5.88. The van der Waals surface area contributed by atoms with E-state index >= 15 is 0 Å². The molecule has 1 amide bonds. The number of rotatable bonds is 5. The largest absolute Gasteiger partial charge is 0.341 e. The zero-order valence-corrected chi connectivity index (χ0v) is 11.1. The van der Waals surface area contributed by atoms with Crippen LogP contribution in [-0.4, -0.2) is 33.8 Å². The molecule has 2 aromatic rings. The molecule has 90 valence electrons.